The highest BCUT2D eigenvalue weighted by Crippen LogP contribution is 2.28. The van der Waals surface area contributed by atoms with Crippen molar-refractivity contribution >= 4 is 5.91 Å². The molecule has 1 N–H and O–H groups in total. The molecule has 24 heavy (non-hydrogen) atoms. The van der Waals surface area contributed by atoms with E-state index in [-0.39, 0.29) is 5.91 Å². The average molecular weight is 318 g/mol. The number of carbonyl (C=O) groups excluding carboxylic acids is 1. The summed E-state index contributed by atoms with van der Waals surface area (Å²) in [5.74, 6) is 0.162. The van der Waals surface area contributed by atoms with Crippen LogP contribution in [0.1, 0.15) is 16.8 Å². The molecule has 0 aliphatic carbocycles. The van der Waals surface area contributed by atoms with E-state index in [0.717, 1.165) is 28.9 Å². The van der Waals surface area contributed by atoms with Crippen molar-refractivity contribution in [3.63, 3.8) is 0 Å². The zero-order valence-corrected chi connectivity index (χ0v) is 13.3. The third-order valence-electron chi connectivity index (χ3n) is 4.45. The van der Waals surface area contributed by atoms with Crippen molar-refractivity contribution in [2.75, 3.05) is 6.54 Å². The van der Waals surface area contributed by atoms with Crippen molar-refractivity contribution in [2.24, 2.45) is 0 Å². The second kappa shape index (κ2) is 6.28. The lowest BCUT2D eigenvalue weighted by Gasteiger charge is -2.27. The van der Waals surface area contributed by atoms with E-state index < -0.39 is 0 Å². The quantitative estimate of drug-likeness (QED) is 0.804. The first kappa shape index (κ1) is 14.6. The van der Waals surface area contributed by atoms with Gasteiger partial charge in [-0.05, 0) is 24.1 Å². The molecule has 0 saturated heterocycles. The number of fused-ring (bicyclic) bond motifs is 1. The monoisotopic (exact) mass is 318 g/mol. The van der Waals surface area contributed by atoms with Crippen LogP contribution in [0.15, 0.2) is 54.9 Å². The van der Waals surface area contributed by atoms with Gasteiger partial charge >= 0.3 is 0 Å². The Morgan fingerprint density at radius 2 is 1.88 bits per heavy atom. The van der Waals surface area contributed by atoms with Crippen LogP contribution in [-0.2, 0) is 24.2 Å². The first-order valence-corrected chi connectivity index (χ1v) is 8.09. The van der Waals surface area contributed by atoms with Gasteiger partial charge in [-0.2, -0.15) is 5.10 Å². The molecule has 5 nitrogen and oxygen atoms in total. The number of amides is 1. The molecule has 4 rings (SSSR count). The molecule has 2 aromatic heterocycles. The number of aromatic amines is 1. The fourth-order valence-corrected chi connectivity index (χ4v) is 3.12. The second-order valence-corrected chi connectivity index (χ2v) is 5.99. The van der Waals surface area contributed by atoms with Crippen LogP contribution in [0.2, 0.25) is 0 Å². The molecule has 0 unspecified atom stereocenters. The summed E-state index contributed by atoms with van der Waals surface area (Å²) in [5, 5.41) is 7.56. The Balaban J connectivity index is 1.52. The largest absolute Gasteiger partial charge is 0.336 e. The van der Waals surface area contributed by atoms with E-state index in [2.05, 4.69) is 15.2 Å². The average Bonchev–Trinajstić information content (AvgIpc) is 3.04. The van der Waals surface area contributed by atoms with Gasteiger partial charge in [0, 0.05) is 30.1 Å². The molecule has 120 valence electrons. The Labute approximate surface area is 140 Å². The van der Waals surface area contributed by atoms with Crippen LogP contribution in [0.4, 0.5) is 0 Å². The van der Waals surface area contributed by atoms with Gasteiger partial charge in [0.05, 0.1) is 24.4 Å². The van der Waals surface area contributed by atoms with E-state index in [1.165, 1.54) is 5.56 Å². The van der Waals surface area contributed by atoms with Crippen molar-refractivity contribution in [3.05, 3.63) is 71.7 Å². The van der Waals surface area contributed by atoms with Crippen molar-refractivity contribution in [1.29, 1.82) is 0 Å². The lowest BCUT2D eigenvalue weighted by atomic mass is 9.99. The maximum absolute atomic E-state index is 12.5. The van der Waals surface area contributed by atoms with Crippen LogP contribution in [0.5, 0.6) is 0 Å². The number of hydrogen-bond acceptors (Lipinski definition) is 3. The SMILES string of the molecule is O=C1Cc2c(-c3ccccc3)n[nH]c2CN1CCc1ccncc1. The summed E-state index contributed by atoms with van der Waals surface area (Å²) in [7, 11) is 0. The highest BCUT2D eigenvalue weighted by Gasteiger charge is 2.27. The zero-order chi connectivity index (χ0) is 16.4. The number of H-pyrrole nitrogens is 1. The van der Waals surface area contributed by atoms with Crippen LogP contribution in [0, 0.1) is 0 Å². The summed E-state index contributed by atoms with van der Waals surface area (Å²) in [5.41, 5.74) is 5.22. The van der Waals surface area contributed by atoms with Crippen LogP contribution in [0.3, 0.4) is 0 Å². The smallest absolute Gasteiger partial charge is 0.227 e. The molecule has 0 saturated carbocycles. The van der Waals surface area contributed by atoms with Crippen molar-refractivity contribution in [2.45, 2.75) is 19.4 Å². The van der Waals surface area contributed by atoms with E-state index in [0.29, 0.717) is 19.5 Å². The van der Waals surface area contributed by atoms with E-state index in [1.807, 2.05) is 47.4 Å². The molecule has 3 heterocycles. The molecule has 0 bridgehead atoms. The van der Waals surface area contributed by atoms with Gasteiger partial charge < -0.3 is 4.90 Å². The summed E-state index contributed by atoms with van der Waals surface area (Å²) >= 11 is 0. The predicted molar refractivity (Wildman–Crippen MR) is 91.1 cm³/mol. The fraction of sp³-hybridized carbons (Fsp3) is 0.211. The standard InChI is InChI=1S/C19H18N4O/c24-18-12-16-17(21-22-19(16)15-4-2-1-3-5-15)13-23(18)11-8-14-6-9-20-10-7-14/h1-7,9-10H,8,11-13H2,(H,21,22). The summed E-state index contributed by atoms with van der Waals surface area (Å²) in [6.45, 7) is 1.31. The Hall–Kier alpha value is -2.95. The van der Waals surface area contributed by atoms with Gasteiger partial charge in [-0.15, -0.1) is 0 Å². The van der Waals surface area contributed by atoms with Crippen molar-refractivity contribution in [1.82, 2.24) is 20.1 Å². The minimum Gasteiger partial charge on any atom is -0.336 e. The molecule has 0 spiro atoms. The maximum Gasteiger partial charge on any atom is 0.227 e. The first-order valence-electron chi connectivity index (χ1n) is 8.09. The van der Waals surface area contributed by atoms with Gasteiger partial charge in [0.2, 0.25) is 5.91 Å². The van der Waals surface area contributed by atoms with Gasteiger partial charge in [-0.3, -0.25) is 14.9 Å². The molecular formula is C19H18N4O. The Morgan fingerprint density at radius 3 is 2.67 bits per heavy atom. The molecule has 1 aromatic carbocycles. The summed E-state index contributed by atoms with van der Waals surface area (Å²) in [6.07, 6.45) is 4.81. The molecule has 0 radical (unpaired) electrons. The number of benzene rings is 1. The van der Waals surface area contributed by atoms with Crippen LogP contribution in [0.25, 0.3) is 11.3 Å². The third kappa shape index (κ3) is 2.80. The van der Waals surface area contributed by atoms with Gasteiger partial charge in [-0.1, -0.05) is 30.3 Å². The van der Waals surface area contributed by atoms with Crippen LogP contribution in [-0.4, -0.2) is 32.5 Å². The van der Waals surface area contributed by atoms with E-state index >= 15 is 0 Å². The minimum atomic E-state index is 0.162. The number of nitrogens with zero attached hydrogens (tertiary/aromatic N) is 3. The van der Waals surface area contributed by atoms with Gasteiger partial charge in [0.15, 0.2) is 0 Å². The fourth-order valence-electron chi connectivity index (χ4n) is 3.12. The molecule has 1 aliphatic rings. The maximum atomic E-state index is 12.5. The minimum absolute atomic E-state index is 0.162. The van der Waals surface area contributed by atoms with E-state index in [4.69, 9.17) is 0 Å². The normalized spacial score (nSPS) is 13.8. The molecule has 0 atom stereocenters. The third-order valence-corrected chi connectivity index (χ3v) is 4.45. The van der Waals surface area contributed by atoms with E-state index in [1.54, 1.807) is 12.4 Å². The number of carbonyl (C=O) groups is 1. The Kier molecular flexibility index (Phi) is 3.83. The molecule has 1 aliphatic heterocycles. The summed E-state index contributed by atoms with van der Waals surface area (Å²) < 4.78 is 0. The number of nitrogens with one attached hydrogen (secondary N) is 1. The Bertz CT molecular complexity index is 842. The molecule has 5 heteroatoms. The summed E-state index contributed by atoms with van der Waals surface area (Å²) in [6, 6.07) is 14.0. The topological polar surface area (TPSA) is 61.9 Å². The second-order valence-electron chi connectivity index (χ2n) is 5.99. The lowest BCUT2D eigenvalue weighted by Crippen LogP contribution is -2.37. The molecular weight excluding hydrogens is 300 g/mol. The molecule has 0 fully saturated rings. The number of pyridine rings is 1. The van der Waals surface area contributed by atoms with Crippen LogP contribution < -0.4 is 0 Å². The zero-order valence-electron chi connectivity index (χ0n) is 13.3. The van der Waals surface area contributed by atoms with Crippen LogP contribution >= 0.6 is 0 Å². The predicted octanol–water partition coefficient (Wildman–Crippen LogP) is 2.60. The number of aromatic nitrogens is 3. The van der Waals surface area contributed by atoms with Gasteiger partial charge in [0.1, 0.15) is 0 Å². The van der Waals surface area contributed by atoms with Crippen molar-refractivity contribution in [3.8, 4) is 11.3 Å². The molecule has 3 aromatic rings. The van der Waals surface area contributed by atoms with Crippen molar-refractivity contribution < 1.29 is 4.79 Å². The number of hydrogen-bond donors (Lipinski definition) is 1. The highest BCUT2D eigenvalue weighted by atomic mass is 16.2. The summed E-state index contributed by atoms with van der Waals surface area (Å²) in [4.78, 5) is 18.5. The molecule has 1 amide bonds. The Morgan fingerprint density at radius 1 is 1.08 bits per heavy atom. The first-order chi connectivity index (χ1) is 11.8. The van der Waals surface area contributed by atoms with E-state index in [9.17, 15) is 4.79 Å². The number of rotatable bonds is 4. The highest BCUT2D eigenvalue weighted by molar-refractivity contribution is 5.83. The van der Waals surface area contributed by atoms with Gasteiger partial charge in [0.25, 0.3) is 0 Å². The van der Waals surface area contributed by atoms with Gasteiger partial charge in [-0.25, -0.2) is 0 Å². The lowest BCUT2D eigenvalue weighted by molar-refractivity contribution is -0.131.